The molecule has 0 aliphatic carbocycles. The highest BCUT2D eigenvalue weighted by Crippen LogP contribution is 2.55. The van der Waals surface area contributed by atoms with Crippen LogP contribution in [0.5, 0.6) is 11.5 Å². The number of nitrogens with two attached hydrogens (primary N) is 1. The van der Waals surface area contributed by atoms with Crippen molar-refractivity contribution in [2.24, 2.45) is 11.1 Å². The summed E-state index contributed by atoms with van der Waals surface area (Å²) in [6.07, 6.45) is 0.783. The Morgan fingerprint density at radius 2 is 1.58 bits per heavy atom. The minimum Gasteiger partial charge on any atom is -0.493 e. The van der Waals surface area contributed by atoms with Gasteiger partial charge in [-0.05, 0) is 77.2 Å². The lowest BCUT2D eigenvalue weighted by atomic mass is 9.53. The molecule has 2 rings (SSSR count). The van der Waals surface area contributed by atoms with Crippen molar-refractivity contribution in [1.82, 2.24) is 0 Å². The molecule has 0 fully saturated rings. The Labute approximate surface area is 207 Å². The topological polar surface area (TPSA) is 70.8 Å². The van der Waals surface area contributed by atoms with Gasteiger partial charge in [0, 0.05) is 5.41 Å². The first kappa shape index (κ1) is 27.0. The first-order chi connectivity index (χ1) is 15.6. The maximum Gasteiger partial charge on any atom is 0.404 e. The molecule has 0 heterocycles. The monoisotopic (exact) mass is 519 g/mol. The fourth-order valence-corrected chi connectivity index (χ4v) is 5.43. The predicted molar refractivity (Wildman–Crippen MR) is 137 cm³/mol. The first-order valence-electron chi connectivity index (χ1n) is 11.6. The second-order valence-corrected chi connectivity index (χ2v) is 10.1. The van der Waals surface area contributed by atoms with Gasteiger partial charge in [0.05, 0.1) is 19.8 Å². The van der Waals surface area contributed by atoms with Crippen molar-refractivity contribution in [3.8, 4) is 11.5 Å². The molecule has 0 spiro atoms. The Kier molecular flexibility index (Phi) is 9.65. The number of hydrogen-bond donors (Lipinski definition) is 1. The summed E-state index contributed by atoms with van der Waals surface area (Å²) in [6, 6.07) is 14.8. The normalized spacial score (nSPS) is 14.3. The molecule has 0 radical (unpaired) electrons. The highest BCUT2D eigenvalue weighted by molar-refractivity contribution is 9.10. The van der Waals surface area contributed by atoms with E-state index in [1.165, 1.54) is 5.56 Å². The van der Waals surface area contributed by atoms with Gasteiger partial charge in [-0.2, -0.15) is 0 Å². The number of carbonyl (C=O) groups is 1. The summed E-state index contributed by atoms with van der Waals surface area (Å²) in [5, 5.41) is 0. The summed E-state index contributed by atoms with van der Waals surface area (Å²) < 4.78 is 17.8. The Morgan fingerprint density at radius 1 is 1.03 bits per heavy atom. The van der Waals surface area contributed by atoms with Gasteiger partial charge >= 0.3 is 6.09 Å². The molecule has 2 unspecified atom stereocenters. The number of hydrogen-bond acceptors (Lipinski definition) is 4. The Morgan fingerprint density at radius 3 is 2.03 bits per heavy atom. The van der Waals surface area contributed by atoms with Gasteiger partial charge in [0.1, 0.15) is 16.0 Å². The molecule has 2 aromatic rings. The number of amides is 1. The first-order valence-corrected chi connectivity index (χ1v) is 12.4. The summed E-state index contributed by atoms with van der Waals surface area (Å²) in [4.78, 5) is 11.1. The SMILES string of the molecule is CCOc1cc(C(C)C(CCCOC(N)=O)(c2ccccc2)C(C)(C)C)cc(OCC)c1Br. The van der Waals surface area contributed by atoms with Gasteiger partial charge in [-0.1, -0.05) is 58.0 Å². The van der Waals surface area contributed by atoms with E-state index in [-0.39, 0.29) is 16.7 Å². The molecule has 0 saturated carbocycles. The molecule has 2 atom stereocenters. The third-order valence-electron chi connectivity index (χ3n) is 6.45. The van der Waals surface area contributed by atoms with Crippen molar-refractivity contribution in [2.75, 3.05) is 19.8 Å². The zero-order valence-electron chi connectivity index (χ0n) is 20.7. The smallest absolute Gasteiger partial charge is 0.404 e. The van der Waals surface area contributed by atoms with Gasteiger partial charge in [0.25, 0.3) is 0 Å². The average Bonchev–Trinajstić information content (AvgIpc) is 2.76. The highest BCUT2D eigenvalue weighted by atomic mass is 79.9. The molecule has 182 valence electrons. The van der Waals surface area contributed by atoms with E-state index in [2.05, 4.69) is 80.0 Å². The molecule has 0 aliphatic heterocycles. The van der Waals surface area contributed by atoms with Crippen molar-refractivity contribution in [2.45, 2.75) is 65.7 Å². The molecule has 6 heteroatoms. The molecule has 0 aliphatic rings. The van der Waals surface area contributed by atoms with Crippen molar-refractivity contribution >= 4 is 22.0 Å². The van der Waals surface area contributed by atoms with Gasteiger partial charge in [-0.3, -0.25) is 0 Å². The van der Waals surface area contributed by atoms with Crippen LogP contribution in [0.2, 0.25) is 0 Å². The quantitative estimate of drug-likeness (QED) is 0.318. The van der Waals surface area contributed by atoms with Gasteiger partial charge in [0.2, 0.25) is 0 Å². The Balaban J connectivity index is 2.66. The van der Waals surface area contributed by atoms with Crippen molar-refractivity contribution in [3.05, 3.63) is 58.1 Å². The number of rotatable bonds is 11. The summed E-state index contributed by atoms with van der Waals surface area (Å²) in [7, 11) is 0. The van der Waals surface area contributed by atoms with Crippen LogP contribution < -0.4 is 15.2 Å². The second kappa shape index (κ2) is 11.8. The van der Waals surface area contributed by atoms with E-state index >= 15 is 0 Å². The molecular weight excluding hydrogens is 482 g/mol. The van der Waals surface area contributed by atoms with E-state index in [1.807, 2.05) is 19.9 Å². The molecular formula is C27H38BrNO4. The van der Waals surface area contributed by atoms with E-state index < -0.39 is 6.09 Å². The molecule has 5 nitrogen and oxygen atoms in total. The standard InChI is InChI=1S/C27H38BrNO4/c1-7-31-22-17-20(18-23(24(22)28)32-8-2)19(3)27(26(4,5)6,15-12-16-33-25(29)30)21-13-10-9-11-14-21/h9-11,13-14,17-19H,7-8,12,15-16H2,1-6H3,(H2,29,30). The van der Waals surface area contributed by atoms with E-state index in [9.17, 15) is 4.79 Å². The Bertz CT molecular complexity index is 883. The van der Waals surface area contributed by atoms with Crippen LogP contribution in [0.15, 0.2) is 46.9 Å². The molecule has 1 amide bonds. The van der Waals surface area contributed by atoms with Crippen LogP contribution in [0, 0.1) is 5.41 Å². The van der Waals surface area contributed by atoms with Crippen molar-refractivity contribution < 1.29 is 19.0 Å². The van der Waals surface area contributed by atoms with Crippen LogP contribution in [0.3, 0.4) is 0 Å². The fourth-order valence-electron chi connectivity index (χ4n) is 4.98. The number of benzene rings is 2. The molecule has 33 heavy (non-hydrogen) atoms. The highest BCUT2D eigenvalue weighted by Gasteiger charge is 2.47. The molecule has 2 aromatic carbocycles. The van der Waals surface area contributed by atoms with Crippen molar-refractivity contribution in [1.29, 1.82) is 0 Å². The van der Waals surface area contributed by atoms with E-state index in [4.69, 9.17) is 19.9 Å². The lowest BCUT2D eigenvalue weighted by Crippen LogP contribution is -2.45. The number of carbonyl (C=O) groups excluding carboxylic acids is 1. The van der Waals surface area contributed by atoms with E-state index in [0.29, 0.717) is 26.2 Å². The number of ether oxygens (including phenoxy) is 3. The molecule has 0 bridgehead atoms. The van der Waals surface area contributed by atoms with Gasteiger partial charge in [-0.25, -0.2) is 4.79 Å². The predicted octanol–water partition coefficient (Wildman–Crippen LogP) is 7.21. The van der Waals surface area contributed by atoms with Gasteiger partial charge < -0.3 is 19.9 Å². The van der Waals surface area contributed by atoms with E-state index in [1.54, 1.807) is 0 Å². The third-order valence-corrected chi connectivity index (χ3v) is 7.24. The zero-order valence-corrected chi connectivity index (χ0v) is 22.3. The third kappa shape index (κ3) is 6.23. The lowest BCUT2D eigenvalue weighted by molar-refractivity contribution is 0.113. The minimum absolute atomic E-state index is 0.106. The Hall–Kier alpha value is -2.21. The largest absolute Gasteiger partial charge is 0.493 e. The van der Waals surface area contributed by atoms with Crippen LogP contribution in [0.4, 0.5) is 4.79 Å². The van der Waals surface area contributed by atoms with E-state index in [0.717, 1.165) is 28.0 Å². The maximum absolute atomic E-state index is 11.1. The second-order valence-electron chi connectivity index (χ2n) is 9.28. The summed E-state index contributed by atoms with van der Waals surface area (Å²) >= 11 is 3.66. The van der Waals surface area contributed by atoms with Crippen molar-refractivity contribution in [3.63, 3.8) is 0 Å². The fraction of sp³-hybridized carbons (Fsp3) is 0.519. The lowest BCUT2D eigenvalue weighted by Gasteiger charge is -2.50. The number of primary amides is 1. The number of halogens is 1. The van der Waals surface area contributed by atoms with Gasteiger partial charge in [-0.15, -0.1) is 0 Å². The maximum atomic E-state index is 11.1. The summed E-state index contributed by atoms with van der Waals surface area (Å²) in [5.74, 6) is 1.66. The molecule has 0 aromatic heterocycles. The van der Waals surface area contributed by atoms with Crippen LogP contribution in [0.25, 0.3) is 0 Å². The zero-order chi connectivity index (χ0) is 24.6. The average molecular weight is 521 g/mol. The van der Waals surface area contributed by atoms with Crippen LogP contribution in [-0.2, 0) is 10.2 Å². The van der Waals surface area contributed by atoms with Crippen LogP contribution in [0.1, 0.15) is 71.4 Å². The summed E-state index contributed by atoms with van der Waals surface area (Å²) in [6.45, 7) is 14.5. The minimum atomic E-state index is -0.736. The van der Waals surface area contributed by atoms with Crippen LogP contribution in [-0.4, -0.2) is 25.9 Å². The summed E-state index contributed by atoms with van der Waals surface area (Å²) in [5.41, 5.74) is 7.23. The molecule has 2 N–H and O–H groups in total. The molecule has 0 saturated heterocycles. The van der Waals surface area contributed by atoms with Crippen LogP contribution >= 0.6 is 15.9 Å². The van der Waals surface area contributed by atoms with Gasteiger partial charge in [0.15, 0.2) is 0 Å².